The number of hydrogen-bond acceptors (Lipinski definition) is 6. The molecule has 11 heteroatoms. The molecule has 1 fully saturated rings. The number of hydrogen-bond donors (Lipinski definition) is 3. The van der Waals surface area contributed by atoms with Crippen molar-refractivity contribution in [2.24, 2.45) is 5.14 Å². The van der Waals surface area contributed by atoms with E-state index in [1.165, 1.54) is 22.5 Å². The third-order valence-corrected chi connectivity index (χ3v) is 8.65. The summed E-state index contributed by atoms with van der Waals surface area (Å²) in [5.41, 5.74) is 1.84. The van der Waals surface area contributed by atoms with E-state index in [1.54, 1.807) is 31.2 Å². The van der Waals surface area contributed by atoms with Crippen molar-refractivity contribution in [3.63, 3.8) is 0 Å². The van der Waals surface area contributed by atoms with E-state index in [-0.39, 0.29) is 28.3 Å². The minimum atomic E-state index is -3.76. The fourth-order valence-corrected chi connectivity index (χ4v) is 6.00. The van der Waals surface area contributed by atoms with Crippen LogP contribution in [0.1, 0.15) is 43.4 Å². The highest BCUT2D eigenvalue weighted by molar-refractivity contribution is 7.89. The van der Waals surface area contributed by atoms with Gasteiger partial charge in [0.1, 0.15) is 0 Å². The van der Waals surface area contributed by atoms with Crippen molar-refractivity contribution in [1.82, 2.24) is 9.62 Å². The standard InChI is InChI=1S/C22H30N4O5S2/c1-16-6-9-19(14-21(16)33(30,31)26-12-4-3-5-13-26)25-22(27)15-24-17(2)18-7-10-20(11-8-18)32(23,28)29/h6-11,14,17,24H,3-5,12-13,15H2,1-2H3,(H,25,27)(H2,23,28,29)/t17-/m0/s1. The lowest BCUT2D eigenvalue weighted by Gasteiger charge is -2.26. The fraction of sp³-hybridized carbons (Fsp3) is 0.409. The van der Waals surface area contributed by atoms with Crippen molar-refractivity contribution in [2.45, 2.75) is 48.9 Å². The Bertz CT molecular complexity index is 1210. The summed E-state index contributed by atoms with van der Waals surface area (Å²) in [4.78, 5) is 12.7. The van der Waals surface area contributed by atoms with Gasteiger partial charge >= 0.3 is 0 Å². The first-order chi connectivity index (χ1) is 15.5. The van der Waals surface area contributed by atoms with Crippen LogP contribution in [0.5, 0.6) is 0 Å². The van der Waals surface area contributed by atoms with E-state index in [0.717, 1.165) is 24.8 Å². The van der Waals surface area contributed by atoms with Gasteiger partial charge in [-0.25, -0.2) is 22.0 Å². The molecular formula is C22H30N4O5S2. The average molecular weight is 495 g/mol. The van der Waals surface area contributed by atoms with Crippen LogP contribution in [0.3, 0.4) is 0 Å². The molecule has 1 saturated heterocycles. The highest BCUT2D eigenvalue weighted by Crippen LogP contribution is 2.26. The van der Waals surface area contributed by atoms with E-state index in [2.05, 4.69) is 10.6 Å². The average Bonchev–Trinajstić information content (AvgIpc) is 2.78. The molecule has 180 valence electrons. The molecule has 3 rings (SSSR count). The Morgan fingerprint density at radius 3 is 2.27 bits per heavy atom. The van der Waals surface area contributed by atoms with Gasteiger partial charge in [0, 0.05) is 24.8 Å². The van der Waals surface area contributed by atoms with Gasteiger partial charge in [0.25, 0.3) is 0 Å². The van der Waals surface area contributed by atoms with Gasteiger partial charge in [-0.1, -0.05) is 24.6 Å². The quantitative estimate of drug-likeness (QED) is 0.514. The normalized spacial score (nSPS) is 16.3. The summed E-state index contributed by atoms with van der Waals surface area (Å²) in [5, 5.41) is 10.9. The van der Waals surface area contributed by atoms with Crippen LogP contribution in [-0.2, 0) is 24.8 Å². The van der Waals surface area contributed by atoms with Crippen LogP contribution in [0.4, 0.5) is 5.69 Å². The van der Waals surface area contributed by atoms with E-state index in [1.807, 2.05) is 6.92 Å². The number of amides is 1. The van der Waals surface area contributed by atoms with Crippen molar-refractivity contribution in [3.8, 4) is 0 Å². The number of sulfonamides is 2. The molecule has 9 nitrogen and oxygen atoms in total. The van der Waals surface area contributed by atoms with Gasteiger partial charge in [0.2, 0.25) is 26.0 Å². The first-order valence-corrected chi connectivity index (χ1v) is 13.7. The Labute approximate surface area is 195 Å². The molecule has 4 N–H and O–H groups in total. The first-order valence-electron chi connectivity index (χ1n) is 10.8. The fourth-order valence-electron chi connectivity index (χ4n) is 3.72. The number of aryl methyl sites for hydroxylation is 1. The van der Waals surface area contributed by atoms with Crippen LogP contribution in [0.2, 0.25) is 0 Å². The van der Waals surface area contributed by atoms with Crippen LogP contribution >= 0.6 is 0 Å². The van der Waals surface area contributed by atoms with E-state index < -0.39 is 20.0 Å². The van der Waals surface area contributed by atoms with E-state index in [4.69, 9.17) is 5.14 Å². The molecule has 0 spiro atoms. The Morgan fingerprint density at radius 1 is 1.03 bits per heavy atom. The van der Waals surface area contributed by atoms with Crippen LogP contribution in [0.15, 0.2) is 52.3 Å². The van der Waals surface area contributed by atoms with Gasteiger partial charge in [0.05, 0.1) is 16.3 Å². The molecule has 0 unspecified atom stereocenters. The molecule has 33 heavy (non-hydrogen) atoms. The van der Waals surface area contributed by atoms with E-state index in [0.29, 0.717) is 24.3 Å². The highest BCUT2D eigenvalue weighted by Gasteiger charge is 2.27. The molecule has 0 aromatic heterocycles. The van der Waals surface area contributed by atoms with E-state index >= 15 is 0 Å². The lowest BCUT2D eigenvalue weighted by Crippen LogP contribution is -2.36. The predicted molar refractivity (Wildman–Crippen MR) is 127 cm³/mol. The Morgan fingerprint density at radius 2 is 1.67 bits per heavy atom. The van der Waals surface area contributed by atoms with Crippen LogP contribution in [0, 0.1) is 6.92 Å². The summed E-state index contributed by atoms with van der Waals surface area (Å²) in [6.45, 7) is 4.60. The zero-order valence-electron chi connectivity index (χ0n) is 18.7. The lowest BCUT2D eigenvalue weighted by molar-refractivity contribution is -0.115. The van der Waals surface area contributed by atoms with E-state index in [9.17, 15) is 21.6 Å². The van der Waals surface area contributed by atoms with Crippen molar-refractivity contribution in [2.75, 3.05) is 25.0 Å². The van der Waals surface area contributed by atoms with Gasteiger partial charge in [-0.2, -0.15) is 4.31 Å². The summed E-state index contributed by atoms with van der Waals surface area (Å²) >= 11 is 0. The summed E-state index contributed by atoms with van der Waals surface area (Å²) in [6, 6.07) is 10.7. The maximum atomic E-state index is 13.1. The Kier molecular flexibility index (Phi) is 7.91. The second-order valence-electron chi connectivity index (χ2n) is 8.21. The topological polar surface area (TPSA) is 139 Å². The minimum Gasteiger partial charge on any atom is -0.325 e. The van der Waals surface area contributed by atoms with Crippen molar-refractivity contribution < 1.29 is 21.6 Å². The molecule has 1 amide bonds. The molecule has 2 aromatic rings. The maximum absolute atomic E-state index is 13.1. The van der Waals surface area contributed by atoms with Gasteiger partial charge in [0.15, 0.2) is 0 Å². The number of carbonyl (C=O) groups is 1. The number of piperidine rings is 1. The van der Waals surface area contributed by atoms with Gasteiger partial charge in [-0.05, 0) is 62.1 Å². The third kappa shape index (κ3) is 6.39. The minimum absolute atomic E-state index is 0.0137. The summed E-state index contributed by atoms with van der Waals surface area (Å²) in [6.07, 6.45) is 2.73. The molecule has 0 aliphatic carbocycles. The zero-order valence-corrected chi connectivity index (χ0v) is 20.4. The van der Waals surface area contributed by atoms with Crippen molar-refractivity contribution in [3.05, 3.63) is 53.6 Å². The molecule has 0 saturated carbocycles. The highest BCUT2D eigenvalue weighted by atomic mass is 32.2. The second-order valence-corrected chi connectivity index (χ2v) is 11.7. The molecule has 0 radical (unpaired) electrons. The Hall–Kier alpha value is -2.31. The number of benzene rings is 2. The number of anilines is 1. The molecular weight excluding hydrogens is 464 g/mol. The number of nitrogens with one attached hydrogen (secondary N) is 2. The molecule has 2 aromatic carbocycles. The Balaban J connectivity index is 1.63. The zero-order chi connectivity index (χ0) is 24.2. The predicted octanol–water partition coefficient (Wildman–Crippen LogP) is 2.11. The molecule has 1 atom stereocenters. The number of carbonyl (C=O) groups excluding carboxylic acids is 1. The molecule has 0 bridgehead atoms. The van der Waals surface area contributed by atoms with Crippen LogP contribution in [-0.4, -0.2) is 46.7 Å². The third-order valence-electron chi connectivity index (χ3n) is 5.68. The summed E-state index contributed by atoms with van der Waals surface area (Å²) in [7, 11) is -7.37. The van der Waals surface area contributed by atoms with Gasteiger partial charge in [-0.3, -0.25) is 4.79 Å². The van der Waals surface area contributed by atoms with Crippen LogP contribution < -0.4 is 15.8 Å². The first kappa shape index (κ1) is 25.3. The molecule has 1 aliphatic heterocycles. The number of primary sulfonamides is 1. The van der Waals surface area contributed by atoms with Gasteiger partial charge in [-0.15, -0.1) is 0 Å². The van der Waals surface area contributed by atoms with Crippen molar-refractivity contribution >= 4 is 31.6 Å². The largest absolute Gasteiger partial charge is 0.325 e. The number of nitrogens with zero attached hydrogens (tertiary/aromatic N) is 1. The molecule has 1 aliphatic rings. The second kappa shape index (κ2) is 10.3. The number of nitrogens with two attached hydrogens (primary N) is 1. The lowest BCUT2D eigenvalue weighted by atomic mass is 10.1. The summed E-state index contributed by atoms with van der Waals surface area (Å²) in [5.74, 6) is -0.326. The smallest absolute Gasteiger partial charge is 0.243 e. The number of rotatable bonds is 8. The maximum Gasteiger partial charge on any atom is 0.243 e. The molecule has 1 heterocycles. The SMILES string of the molecule is Cc1ccc(NC(=O)CN[C@@H](C)c2ccc(S(N)(=O)=O)cc2)cc1S(=O)(=O)N1CCCCC1. The summed E-state index contributed by atoms with van der Waals surface area (Å²) < 4.78 is 50.4. The monoisotopic (exact) mass is 494 g/mol. The van der Waals surface area contributed by atoms with Crippen molar-refractivity contribution in [1.29, 1.82) is 0 Å². The van der Waals surface area contributed by atoms with Gasteiger partial charge < -0.3 is 10.6 Å². The van der Waals surface area contributed by atoms with Crippen LogP contribution in [0.25, 0.3) is 0 Å².